The minimum atomic E-state index is -2.02. The number of hydrogen-bond donors (Lipinski definition) is 1. The van der Waals surface area contributed by atoms with Crippen molar-refractivity contribution in [1.29, 1.82) is 0 Å². The van der Waals surface area contributed by atoms with Crippen LogP contribution in [0, 0.1) is 17.6 Å². The molecule has 0 unspecified atom stereocenters. The molecule has 0 aliphatic rings. The maximum atomic E-state index is 14.8. The lowest BCUT2D eigenvalue weighted by Crippen LogP contribution is -2.46. The van der Waals surface area contributed by atoms with Crippen molar-refractivity contribution in [3.63, 3.8) is 0 Å². The summed E-state index contributed by atoms with van der Waals surface area (Å²) in [6.07, 6.45) is 2.48. The average molecular weight is 401 g/mol. The van der Waals surface area contributed by atoms with Gasteiger partial charge in [0.1, 0.15) is 24.3 Å². The molecule has 0 saturated carbocycles. The fourth-order valence-corrected chi connectivity index (χ4v) is 3.02. The number of aromatic nitrogens is 3. The molecule has 0 amide bonds. The highest BCUT2D eigenvalue weighted by molar-refractivity contribution is 5.90. The standard InChI is InChI=1S/C20H17F2N3O4/c1-13(18(26)27)20(10-25-12-23-11-24-25,16-8-7-15(21)9-17(16)22)29-19(28)14-5-3-2-4-6-14/h2-9,11-13H,10H2,1H3,(H,26,27)/t13-,20+/m0/s1. The molecule has 0 aliphatic carbocycles. The van der Waals surface area contributed by atoms with Crippen LogP contribution in [-0.2, 0) is 21.7 Å². The molecule has 29 heavy (non-hydrogen) atoms. The average Bonchev–Trinajstić information content (AvgIpc) is 3.20. The fraction of sp³-hybridized carbons (Fsp3) is 0.200. The number of halogens is 2. The molecule has 150 valence electrons. The van der Waals surface area contributed by atoms with E-state index in [-0.39, 0.29) is 17.7 Å². The van der Waals surface area contributed by atoms with Crippen molar-refractivity contribution in [3.8, 4) is 0 Å². The Hall–Kier alpha value is -3.62. The largest absolute Gasteiger partial charge is 0.481 e. The van der Waals surface area contributed by atoms with Gasteiger partial charge in [-0.2, -0.15) is 5.10 Å². The Bertz CT molecular complexity index is 1010. The molecule has 0 spiro atoms. The summed E-state index contributed by atoms with van der Waals surface area (Å²) in [4.78, 5) is 28.5. The Balaban J connectivity index is 2.18. The van der Waals surface area contributed by atoms with Gasteiger partial charge in [-0.15, -0.1) is 0 Å². The Morgan fingerprint density at radius 1 is 1.21 bits per heavy atom. The molecule has 0 aliphatic heterocycles. The van der Waals surface area contributed by atoms with E-state index in [0.717, 1.165) is 12.1 Å². The summed E-state index contributed by atoms with van der Waals surface area (Å²) in [5, 5.41) is 13.6. The lowest BCUT2D eigenvalue weighted by atomic mass is 9.81. The van der Waals surface area contributed by atoms with Crippen LogP contribution in [0.5, 0.6) is 0 Å². The minimum Gasteiger partial charge on any atom is -0.481 e. The number of carboxylic acids is 1. The molecule has 0 bridgehead atoms. The van der Waals surface area contributed by atoms with E-state index in [1.165, 1.54) is 36.4 Å². The van der Waals surface area contributed by atoms with Crippen molar-refractivity contribution in [1.82, 2.24) is 14.8 Å². The number of carbonyl (C=O) groups is 2. The number of esters is 1. The van der Waals surface area contributed by atoms with Gasteiger partial charge in [-0.3, -0.25) is 4.79 Å². The lowest BCUT2D eigenvalue weighted by molar-refractivity contribution is -0.154. The van der Waals surface area contributed by atoms with Crippen LogP contribution < -0.4 is 0 Å². The van der Waals surface area contributed by atoms with E-state index in [1.807, 2.05) is 0 Å². The highest BCUT2D eigenvalue weighted by Crippen LogP contribution is 2.38. The van der Waals surface area contributed by atoms with Crippen LogP contribution in [0.4, 0.5) is 8.78 Å². The first-order chi connectivity index (χ1) is 13.8. The summed E-state index contributed by atoms with van der Waals surface area (Å²) in [6.45, 7) is 0.932. The molecule has 1 N–H and O–H groups in total. The SMILES string of the molecule is C[C@@H](C(=O)O)[C@@](Cn1cncn1)(OC(=O)c1ccccc1)c1ccc(F)cc1F. The lowest BCUT2D eigenvalue weighted by Gasteiger charge is -2.37. The van der Waals surface area contributed by atoms with Crippen LogP contribution in [0.3, 0.4) is 0 Å². The Morgan fingerprint density at radius 3 is 2.52 bits per heavy atom. The minimum absolute atomic E-state index is 0.149. The summed E-state index contributed by atoms with van der Waals surface area (Å²) in [5.41, 5.74) is -2.16. The molecule has 0 saturated heterocycles. The first kappa shape index (κ1) is 20.1. The predicted molar refractivity (Wildman–Crippen MR) is 96.7 cm³/mol. The number of carbonyl (C=O) groups excluding carboxylic acids is 1. The zero-order valence-corrected chi connectivity index (χ0v) is 15.3. The quantitative estimate of drug-likeness (QED) is 0.612. The molecular formula is C20H17F2N3O4. The summed E-state index contributed by atoms with van der Waals surface area (Å²) >= 11 is 0. The van der Waals surface area contributed by atoms with Crippen molar-refractivity contribution in [2.24, 2.45) is 5.92 Å². The summed E-state index contributed by atoms with van der Waals surface area (Å²) in [5.74, 6) is -5.49. The van der Waals surface area contributed by atoms with E-state index >= 15 is 0 Å². The van der Waals surface area contributed by atoms with Crippen molar-refractivity contribution in [2.75, 3.05) is 0 Å². The van der Waals surface area contributed by atoms with Gasteiger partial charge in [-0.25, -0.2) is 23.2 Å². The maximum Gasteiger partial charge on any atom is 0.339 e. The van der Waals surface area contributed by atoms with Gasteiger partial charge in [-0.1, -0.05) is 18.2 Å². The zero-order chi connectivity index (χ0) is 21.0. The molecule has 9 heteroatoms. The van der Waals surface area contributed by atoms with Gasteiger partial charge < -0.3 is 9.84 Å². The molecule has 2 aromatic carbocycles. The molecule has 0 radical (unpaired) electrons. The fourth-order valence-electron chi connectivity index (χ4n) is 3.02. The number of benzene rings is 2. The van der Waals surface area contributed by atoms with Gasteiger partial charge in [0, 0.05) is 11.6 Å². The van der Waals surface area contributed by atoms with Gasteiger partial charge >= 0.3 is 11.9 Å². The number of nitrogens with zero attached hydrogens (tertiary/aromatic N) is 3. The van der Waals surface area contributed by atoms with Gasteiger partial charge in [0.05, 0.1) is 18.0 Å². The smallest absolute Gasteiger partial charge is 0.339 e. The molecule has 1 aromatic heterocycles. The second-order valence-corrected chi connectivity index (χ2v) is 6.42. The highest BCUT2D eigenvalue weighted by atomic mass is 19.1. The van der Waals surface area contributed by atoms with Crippen molar-refractivity contribution >= 4 is 11.9 Å². The van der Waals surface area contributed by atoms with E-state index in [4.69, 9.17) is 4.74 Å². The number of rotatable bonds is 7. The Labute approximate surface area is 164 Å². The molecular weight excluding hydrogens is 384 g/mol. The van der Waals surface area contributed by atoms with Crippen LogP contribution in [-0.4, -0.2) is 31.8 Å². The molecule has 3 aromatic rings. The number of aliphatic carboxylic acids is 1. The predicted octanol–water partition coefficient (Wildman–Crippen LogP) is 3.03. The van der Waals surface area contributed by atoms with E-state index in [0.29, 0.717) is 6.07 Å². The van der Waals surface area contributed by atoms with Crippen LogP contribution >= 0.6 is 0 Å². The summed E-state index contributed by atoms with van der Waals surface area (Å²) in [6, 6.07) is 10.5. The molecule has 2 atom stereocenters. The number of hydrogen-bond acceptors (Lipinski definition) is 5. The van der Waals surface area contributed by atoms with Crippen LogP contribution in [0.2, 0.25) is 0 Å². The van der Waals surface area contributed by atoms with E-state index in [1.54, 1.807) is 18.2 Å². The summed E-state index contributed by atoms with van der Waals surface area (Å²) < 4.78 is 35.2. The third-order valence-corrected chi connectivity index (χ3v) is 4.60. The third-order valence-electron chi connectivity index (χ3n) is 4.60. The normalized spacial score (nSPS) is 14.0. The second-order valence-electron chi connectivity index (χ2n) is 6.42. The van der Waals surface area contributed by atoms with E-state index in [9.17, 15) is 23.5 Å². The van der Waals surface area contributed by atoms with Crippen molar-refractivity contribution in [2.45, 2.75) is 19.1 Å². The monoisotopic (exact) mass is 401 g/mol. The van der Waals surface area contributed by atoms with Gasteiger partial charge in [0.15, 0.2) is 5.60 Å². The van der Waals surface area contributed by atoms with Gasteiger partial charge in [-0.05, 0) is 31.2 Å². The molecule has 0 fully saturated rings. The molecule has 3 rings (SSSR count). The van der Waals surface area contributed by atoms with Crippen molar-refractivity contribution in [3.05, 3.63) is 83.9 Å². The van der Waals surface area contributed by atoms with E-state index < -0.39 is 35.1 Å². The Morgan fingerprint density at radius 2 is 1.93 bits per heavy atom. The van der Waals surface area contributed by atoms with Crippen LogP contribution in [0.25, 0.3) is 0 Å². The first-order valence-corrected chi connectivity index (χ1v) is 8.62. The molecule has 1 heterocycles. The second kappa shape index (κ2) is 8.17. The summed E-state index contributed by atoms with van der Waals surface area (Å²) in [7, 11) is 0. The third kappa shape index (κ3) is 4.13. The topological polar surface area (TPSA) is 94.3 Å². The van der Waals surface area contributed by atoms with Crippen LogP contribution in [0.1, 0.15) is 22.8 Å². The van der Waals surface area contributed by atoms with Gasteiger partial charge in [0.2, 0.25) is 0 Å². The number of ether oxygens (including phenoxy) is 1. The zero-order valence-electron chi connectivity index (χ0n) is 15.3. The Kier molecular flexibility index (Phi) is 5.67. The first-order valence-electron chi connectivity index (χ1n) is 8.62. The van der Waals surface area contributed by atoms with Crippen molar-refractivity contribution < 1.29 is 28.2 Å². The molecule has 7 nitrogen and oxygen atoms in total. The highest BCUT2D eigenvalue weighted by Gasteiger charge is 2.48. The van der Waals surface area contributed by atoms with Gasteiger partial charge in [0.25, 0.3) is 0 Å². The maximum absolute atomic E-state index is 14.8. The number of carboxylic acid groups (broad SMARTS) is 1. The van der Waals surface area contributed by atoms with E-state index in [2.05, 4.69) is 10.1 Å². The van der Waals surface area contributed by atoms with Crippen LogP contribution in [0.15, 0.2) is 61.2 Å².